The maximum absolute atomic E-state index is 11.7. The van der Waals surface area contributed by atoms with Gasteiger partial charge in [0, 0.05) is 37.7 Å². The lowest BCUT2D eigenvalue weighted by Crippen LogP contribution is -2.23. The first kappa shape index (κ1) is 18.6. The molecule has 1 heterocycles. The number of carbonyl (C=O) groups excluding carboxylic acids is 2. The van der Waals surface area contributed by atoms with Crippen LogP contribution in [0, 0.1) is 10.1 Å². The molecule has 140 valence electrons. The maximum atomic E-state index is 11.7. The van der Waals surface area contributed by atoms with Gasteiger partial charge < -0.3 is 10.2 Å². The molecule has 0 saturated carbocycles. The summed E-state index contributed by atoms with van der Waals surface area (Å²) in [5.41, 5.74) is 2.60. The number of nitrogens with zero attached hydrogens (tertiary/aromatic N) is 2. The van der Waals surface area contributed by atoms with Crippen LogP contribution in [0.3, 0.4) is 0 Å². The van der Waals surface area contributed by atoms with Gasteiger partial charge in [0.2, 0.25) is 5.91 Å². The second-order valence-corrected chi connectivity index (χ2v) is 6.63. The topological polar surface area (TPSA) is 92.6 Å². The Morgan fingerprint density at radius 2 is 1.89 bits per heavy atom. The van der Waals surface area contributed by atoms with Gasteiger partial charge in [-0.2, -0.15) is 0 Å². The third-order valence-corrected chi connectivity index (χ3v) is 4.65. The third kappa shape index (κ3) is 4.49. The Morgan fingerprint density at radius 3 is 2.48 bits per heavy atom. The number of hydrogen-bond donors (Lipinski definition) is 1. The number of hydrogen-bond acceptors (Lipinski definition) is 5. The second kappa shape index (κ2) is 7.99. The number of carbonyl (C=O) groups is 2. The van der Waals surface area contributed by atoms with Crippen LogP contribution in [0.2, 0.25) is 0 Å². The van der Waals surface area contributed by atoms with E-state index in [2.05, 4.69) is 5.32 Å². The molecule has 0 bridgehead atoms. The average molecular weight is 367 g/mol. The predicted molar refractivity (Wildman–Crippen MR) is 102 cm³/mol. The molecule has 0 unspecified atom stereocenters. The summed E-state index contributed by atoms with van der Waals surface area (Å²) in [5.74, 6) is -0.0150. The summed E-state index contributed by atoms with van der Waals surface area (Å²) in [5, 5.41) is 14.3. The van der Waals surface area contributed by atoms with E-state index in [9.17, 15) is 19.7 Å². The number of nitro groups is 1. The normalized spacial score (nSPS) is 13.7. The SMILES string of the molecule is CC(=O)c1ccc(NCc2ccc(CN3CCCC3=O)cc2)c([N+](=O)[O-])c1. The van der Waals surface area contributed by atoms with Crippen molar-refractivity contribution in [3.05, 3.63) is 69.3 Å². The van der Waals surface area contributed by atoms with Crippen molar-refractivity contribution >= 4 is 23.1 Å². The van der Waals surface area contributed by atoms with Crippen LogP contribution in [-0.2, 0) is 17.9 Å². The number of benzene rings is 2. The van der Waals surface area contributed by atoms with Gasteiger partial charge in [-0.1, -0.05) is 24.3 Å². The van der Waals surface area contributed by atoms with Gasteiger partial charge in [0.1, 0.15) is 5.69 Å². The van der Waals surface area contributed by atoms with Crippen LogP contribution in [0.1, 0.15) is 41.3 Å². The molecular weight excluding hydrogens is 346 g/mol. The van der Waals surface area contributed by atoms with Crippen LogP contribution in [0.4, 0.5) is 11.4 Å². The summed E-state index contributed by atoms with van der Waals surface area (Å²) < 4.78 is 0. The Morgan fingerprint density at radius 1 is 1.19 bits per heavy atom. The molecule has 27 heavy (non-hydrogen) atoms. The van der Waals surface area contributed by atoms with E-state index >= 15 is 0 Å². The number of nitrogens with one attached hydrogen (secondary N) is 1. The summed E-state index contributed by atoms with van der Waals surface area (Å²) in [6.07, 6.45) is 1.55. The molecular formula is C20H21N3O4. The molecule has 3 rings (SSSR count). The Bertz CT molecular complexity index is 877. The summed E-state index contributed by atoms with van der Waals surface area (Å²) in [7, 11) is 0. The van der Waals surface area contributed by atoms with Gasteiger partial charge in [-0.05, 0) is 36.6 Å². The first-order valence-electron chi connectivity index (χ1n) is 8.83. The Hall–Kier alpha value is -3.22. The largest absolute Gasteiger partial charge is 0.375 e. The van der Waals surface area contributed by atoms with Crippen LogP contribution in [0.5, 0.6) is 0 Å². The number of rotatable bonds is 7. The van der Waals surface area contributed by atoms with Gasteiger partial charge in [-0.25, -0.2) is 0 Å². The molecule has 0 aromatic heterocycles. The monoisotopic (exact) mass is 367 g/mol. The predicted octanol–water partition coefficient (Wildman–Crippen LogP) is 3.53. The zero-order valence-corrected chi connectivity index (χ0v) is 15.1. The van der Waals surface area contributed by atoms with Gasteiger partial charge in [-0.15, -0.1) is 0 Å². The lowest BCUT2D eigenvalue weighted by atomic mass is 10.1. The Kier molecular flexibility index (Phi) is 5.49. The van der Waals surface area contributed by atoms with Crippen molar-refractivity contribution in [1.29, 1.82) is 0 Å². The fourth-order valence-corrected chi connectivity index (χ4v) is 3.10. The lowest BCUT2D eigenvalue weighted by molar-refractivity contribution is -0.384. The molecule has 1 N–H and O–H groups in total. The summed E-state index contributed by atoms with van der Waals surface area (Å²) in [4.78, 5) is 35.7. The van der Waals surface area contributed by atoms with E-state index in [1.807, 2.05) is 29.2 Å². The number of Topliss-reactive ketones (excluding diaryl/α,β-unsaturated/α-hetero) is 1. The molecule has 0 atom stereocenters. The van der Waals surface area contributed by atoms with Crippen LogP contribution >= 0.6 is 0 Å². The number of amides is 1. The van der Waals surface area contributed by atoms with Crippen molar-refractivity contribution in [2.24, 2.45) is 0 Å². The highest BCUT2D eigenvalue weighted by Crippen LogP contribution is 2.26. The van der Waals surface area contributed by atoms with E-state index in [1.165, 1.54) is 13.0 Å². The highest BCUT2D eigenvalue weighted by Gasteiger charge is 2.20. The van der Waals surface area contributed by atoms with Gasteiger partial charge >= 0.3 is 0 Å². The first-order chi connectivity index (χ1) is 12.9. The zero-order chi connectivity index (χ0) is 19.4. The van der Waals surface area contributed by atoms with Gasteiger partial charge in [0.15, 0.2) is 5.78 Å². The lowest BCUT2D eigenvalue weighted by Gasteiger charge is -2.15. The molecule has 1 aliphatic rings. The Labute approximate surface area is 157 Å². The Balaban J connectivity index is 1.65. The number of likely N-dealkylation sites (tertiary alicyclic amines) is 1. The van der Waals surface area contributed by atoms with Crippen molar-refractivity contribution in [3.8, 4) is 0 Å². The van der Waals surface area contributed by atoms with E-state index in [1.54, 1.807) is 12.1 Å². The number of anilines is 1. The van der Waals surface area contributed by atoms with Crippen molar-refractivity contribution in [3.63, 3.8) is 0 Å². The minimum Gasteiger partial charge on any atom is -0.375 e. The number of nitro benzene ring substituents is 1. The molecule has 0 aliphatic carbocycles. The van der Waals surface area contributed by atoms with Gasteiger partial charge in [-0.3, -0.25) is 19.7 Å². The molecule has 0 radical (unpaired) electrons. The van der Waals surface area contributed by atoms with E-state index in [0.717, 1.165) is 24.1 Å². The van der Waals surface area contributed by atoms with Crippen LogP contribution < -0.4 is 5.32 Å². The molecule has 1 fully saturated rings. The fourth-order valence-electron chi connectivity index (χ4n) is 3.10. The van der Waals surface area contributed by atoms with Crippen LogP contribution in [0.15, 0.2) is 42.5 Å². The van der Waals surface area contributed by atoms with Crippen molar-refractivity contribution in [2.45, 2.75) is 32.9 Å². The number of ketones is 1. The molecule has 7 heteroatoms. The second-order valence-electron chi connectivity index (χ2n) is 6.63. The van der Waals surface area contributed by atoms with E-state index in [0.29, 0.717) is 30.8 Å². The molecule has 1 amide bonds. The fraction of sp³-hybridized carbons (Fsp3) is 0.300. The van der Waals surface area contributed by atoms with Crippen molar-refractivity contribution in [1.82, 2.24) is 4.90 Å². The standard InChI is InChI=1S/C20H21N3O4/c1-14(24)17-8-9-18(19(11-17)23(26)27)21-12-15-4-6-16(7-5-15)13-22-10-2-3-20(22)25/h4-9,11,21H,2-3,10,12-13H2,1H3. The summed E-state index contributed by atoms with van der Waals surface area (Å²) >= 11 is 0. The van der Waals surface area contributed by atoms with E-state index in [4.69, 9.17) is 0 Å². The van der Waals surface area contributed by atoms with E-state index < -0.39 is 4.92 Å². The summed E-state index contributed by atoms with van der Waals surface area (Å²) in [6.45, 7) is 3.22. The third-order valence-electron chi connectivity index (χ3n) is 4.65. The van der Waals surface area contributed by atoms with Crippen molar-refractivity contribution < 1.29 is 14.5 Å². The maximum Gasteiger partial charge on any atom is 0.293 e. The van der Waals surface area contributed by atoms with Crippen LogP contribution in [0.25, 0.3) is 0 Å². The zero-order valence-electron chi connectivity index (χ0n) is 15.1. The smallest absolute Gasteiger partial charge is 0.293 e. The molecule has 2 aromatic rings. The van der Waals surface area contributed by atoms with E-state index in [-0.39, 0.29) is 17.4 Å². The molecule has 0 spiro atoms. The average Bonchev–Trinajstić information content (AvgIpc) is 3.05. The van der Waals surface area contributed by atoms with Gasteiger partial charge in [0.05, 0.1) is 4.92 Å². The minimum absolute atomic E-state index is 0.119. The summed E-state index contributed by atoms with van der Waals surface area (Å²) in [6, 6.07) is 12.2. The molecule has 7 nitrogen and oxygen atoms in total. The molecule has 1 aliphatic heterocycles. The first-order valence-corrected chi connectivity index (χ1v) is 8.83. The van der Waals surface area contributed by atoms with Gasteiger partial charge in [0.25, 0.3) is 5.69 Å². The van der Waals surface area contributed by atoms with Crippen LogP contribution in [-0.4, -0.2) is 28.1 Å². The minimum atomic E-state index is -0.495. The quantitative estimate of drug-likeness (QED) is 0.459. The molecule has 1 saturated heterocycles. The highest BCUT2D eigenvalue weighted by molar-refractivity contribution is 5.95. The molecule has 2 aromatic carbocycles. The highest BCUT2D eigenvalue weighted by atomic mass is 16.6. The van der Waals surface area contributed by atoms with Crippen molar-refractivity contribution in [2.75, 3.05) is 11.9 Å².